The summed E-state index contributed by atoms with van der Waals surface area (Å²) in [5.74, 6) is 0.823. The molecule has 0 fully saturated rings. The number of methoxy groups -OCH3 is 4. The van der Waals surface area contributed by atoms with Gasteiger partial charge in [0.25, 0.3) is 0 Å². The van der Waals surface area contributed by atoms with Gasteiger partial charge in [0.05, 0.1) is 46.2 Å². The lowest BCUT2D eigenvalue weighted by atomic mass is 9.72. The number of nitrogens with one attached hydrogen (secondary N) is 1. The first-order valence-electron chi connectivity index (χ1n) is 10.6. The van der Waals surface area contributed by atoms with E-state index in [1.165, 1.54) is 28.4 Å². The van der Waals surface area contributed by atoms with Crippen LogP contribution in [0.25, 0.3) is 0 Å². The Hall–Kier alpha value is -3.68. The summed E-state index contributed by atoms with van der Waals surface area (Å²) >= 11 is 0. The van der Waals surface area contributed by atoms with Crippen LogP contribution in [0.5, 0.6) is 17.2 Å². The minimum absolute atomic E-state index is 0.0686. The molecule has 1 aliphatic carbocycles. The van der Waals surface area contributed by atoms with E-state index in [0.29, 0.717) is 46.1 Å². The molecule has 1 aliphatic heterocycles. The average molecular weight is 453 g/mol. The maximum absolute atomic E-state index is 13.5. The third-order valence-corrected chi connectivity index (χ3v) is 6.23. The number of ether oxygens (including phenoxy) is 4. The maximum Gasteiger partial charge on any atom is 0.336 e. The standard InChI is InChI=1S/C25H27NO7/c1-13-22(25(28)32-5)23(15-11-20(30-3)21(31-4)12-19(15)29-2)24-16(26-13)9-14(10-17(24)27)18-7-6-8-33-18/h6-8,11-12,14,23,26H,9-10H2,1-5H3/t14-,23-/m1/s1. The molecule has 2 aromatic rings. The molecule has 0 saturated heterocycles. The van der Waals surface area contributed by atoms with Crippen LogP contribution in [0.1, 0.15) is 42.9 Å². The highest BCUT2D eigenvalue weighted by molar-refractivity contribution is 6.04. The number of hydrogen-bond donors (Lipinski definition) is 1. The van der Waals surface area contributed by atoms with E-state index in [2.05, 4.69) is 5.32 Å². The summed E-state index contributed by atoms with van der Waals surface area (Å²) in [6, 6.07) is 7.14. The highest BCUT2D eigenvalue weighted by Crippen LogP contribution is 2.49. The molecule has 8 heteroatoms. The molecule has 1 aromatic heterocycles. The minimum atomic E-state index is -0.687. The van der Waals surface area contributed by atoms with Crippen LogP contribution in [-0.2, 0) is 14.3 Å². The number of carbonyl (C=O) groups is 2. The second-order valence-corrected chi connectivity index (χ2v) is 7.97. The molecule has 8 nitrogen and oxygen atoms in total. The maximum atomic E-state index is 13.5. The number of ketones is 1. The number of benzene rings is 1. The van der Waals surface area contributed by atoms with E-state index in [1.54, 1.807) is 25.3 Å². The van der Waals surface area contributed by atoms with Gasteiger partial charge in [0, 0.05) is 40.9 Å². The molecule has 0 saturated carbocycles. The predicted octanol–water partition coefficient (Wildman–Crippen LogP) is 3.84. The van der Waals surface area contributed by atoms with Gasteiger partial charge in [-0.2, -0.15) is 0 Å². The van der Waals surface area contributed by atoms with Crippen LogP contribution in [0.4, 0.5) is 0 Å². The predicted molar refractivity (Wildman–Crippen MR) is 119 cm³/mol. The zero-order chi connectivity index (χ0) is 23.7. The van der Waals surface area contributed by atoms with Crippen molar-refractivity contribution in [1.29, 1.82) is 0 Å². The second-order valence-electron chi connectivity index (χ2n) is 7.97. The van der Waals surface area contributed by atoms with Crippen LogP contribution < -0.4 is 19.5 Å². The van der Waals surface area contributed by atoms with E-state index in [1.807, 2.05) is 12.1 Å². The largest absolute Gasteiger partial charge is 0.496 e. The summed E-state index contributed by atoms with van der Waals surface area (Å²) in [6.07, 6.45) is 2.45. The van der Waals surface area contributed by atoms with Gasteiger partial charge in [-0.3, -0.25) is 4.79 Å². The zero-order valence-corrected chi connectivity index (χ0v) is 19.3. The van der Waals surface area contributed by atoms with E-state index < -0.39 is 11.9 Å². The fraction of sp³-hybridized carbons (Fsp3) is 0.360. The quantitative estimate of drug-likeness (QED) is 0.659. The summed E-state index contributed by atoms with van der Waals surface area (Å²) < 4.78 is 27.2. The third kappa shape index (κ3) is 3.86. The second kappa shape index (κ2) is 9.05. The Bertz CT molecular complexity index is 1140. The number of Topliss-reactive ketones (excluding diaryl/α,β-unsaturated/α-hetero) is 1. The Kier molecular flexibility index (Phi) is 6.18. The Morgan fingerprint density at radius 1 is 1.03 bits per heavy atom. The summed E-state index contributed by atoms with van der Waals surface area (Å²) in [6.45, 7) is 1.80. The summed E-state index contributed by atoms with van der Waals surface area (Å²) in [5.41, 5.74) is 2.88. The molecule has 2 aliphatic rings. The topological polar surface area (TPSA) is 96.2 Å². The van der Waals surface area contributed by atoms with Crippen molar-refractivity contribution in [3.63, 3.8) is 0 Å². The smallest absolute Gasteiger partial charge is 0.336 e. The lowest BCUT2D eigenvalue weighted by Crippen LogP contribution is -2.36. The van der Waals surface area contributed by atoms with Gasteiger partial charge in [-0.15, -0.1) is 0 Å². The fourth-order valence-electron chi connectivity index (χ4n) is 4.73. The molecule has 0 spiro atoms. The molecule has 174 valence electrons. The summed E-state index contributed by atoms with van der Waals surface area (Å²) in [5, 5.41) is 3.29. The fourth-order valence-corrected chi connectivity index (χ4v) is 4.73. The minimum Gasteiger partial charge on any atom is -0.496 e. The number of rotatable bonds is 6. The Morgan fingerprint density at radius 2 is 1.73 bits per heavy atom. The third-order valence-electron chi connectivity index (χ3n) is 6.23. The average Bonchev–Trinajstić information content (AvgIpc) is 3.36. The Balaban J connectivity index is 1.91. The highest BCUT2D eigenvalue weighted by Gasteiger charge is 2.43. The van der Waals surface area contributed by atoms with Crippen LogP contribution >= 0.6 is 0 Å². The number of dihydropyridines is 1. The van der Waals surface area contributed by atoms with E-state index in [9.17, 15) is 9.59 Å². The van der Waals surface area contributed by atoms with Crippen molar-refractivity contribution in [2.45, 2.75) is 31.6 Å². The van der Waals surface area contributed by atoms with Crippen LogP contribution in [0.15, 0.2) is 57.5 Å². The first-order chi connectivity index (χ1) is 15.9. The molecular weight excluding hydrogens is 426 g/mol. The number of carbonyl (C=O) groups excluding carboxylic acids is 2. The molecule has 0 bridgehead atoms. The van der Waals surface area contributed by atoms with Gasteiger partial charge in [-0.1, -0.05) is 0 Å². The first kappa shape index (κ1) is 22.5. The molecule has 1 aromatic carbocycles. The number of hydrogen-bond acceptors (Lipinski definition) is 8. The van der Waals surface area contributed by atoms with E-state index in [-0.39, 0.29) is 18.1 Å². The van der Waals surface area contributed by atoms with Crippen molar-refractivity contribution in [3.05, 3.63) is 64.4 Å². The van der Waals surface area contributed by atoms with Crippen molar-refractivity contribution in [1.82, 2.24) is 5.32 Å². The van der Waals surface area contributed by atoms with Crippen molar-refractivity contribution < 1.29 is 33.0 Å². The van der Waals surface area contributed by atoms with Gasteiger partial charge < -0.3 is 28.7 Å². The van der Waals surface area contributed by atoms with Crippen LogP contribution in [0.3, 0.4) is 0 Å². The zero-order valence-electron chi connectivity index (χ0n) is 19.3. The molecule has 0 radical (unpaired) electrons. The Morgan fingerprint density at radius 3 is 2.33 bits per heavy atom. The van der Waals surface area contributed by atoms with Crippen LogP contribution in [0.2, 0.25) is 0 Å². The highest BCUT2D eigenvalue weighted by atomic mass is 16.5. The molecule has 0 unspecified atom stereocenters. The molecule has 2 atom stereocenters. The summed E-state index contributed by atoms with van der Waals surface area (Å²) in [4.78, 5) is 26.5. The number of furan rings is 1. The van der Waals surface area contributed by atoms with E-state index >= 15 is 0 Å². The lowest BCUT2D eigenvalue weighted by molar-refractivity contribution is -0.136. The van der Waals surface area contributed by atoms with Gasteiger partial charge in [0.2, 0.25) is 0 Å². The van der Waals surface area contributed by atoms with E-state index in [0.717, 1.165) is 11.5 Å². The van der Waals surface area contributed by atoms with Gasteiger partial charge in [-0.05, 0) is 31.5 Å². The van der Waals surface area contributed by atoms with Crippen molar-refractivity contribution in [2.24, 2.45) is 0 Å². The van der Waals surface area contributed by atoms with Gasteiger partial charge in [0.1, 0.15) is 11.5 Å². The molecule has 0 amide bonds. The van der Waals surface area contributed by atoms with Crippen molar-refractivity contribution in [2.75, 3.05) is 28.4 Å². The van der Waals surface area contributed by atoms with Crippen molar-refractivity contribution in [3.8, 4) is 17.2 Å². The molecule has 4 rings (SSSR count). The molecule has 2 heterocycles. The SMILES string of the molecule is COC(=O)C1=C(C)NC2=C(C(=O)C[C@H](c3ccco3)C2)[C@@H]1c1cc(OC)c(OC)cc1OC. The lowest BCUT2D eigenvalue weighted by Gasteiger charge is -2.36. The number of esters is 1. The first-order valence-corrected chi connectivity index (χ1v) is 10.6. The van der Waals surface area contributed by atoms with Crippen LogP contribution in [0, 0.1) is 0 Å². The number of allylic oxidation sites excluding steroid dienone is 3. The van der Waals surface area contributed by atoms with Crippen LogP contribution in [-0.4, -0.2) is 40.2 Å². The van der Waals surface area contributed by atoms with Gasteiger partial charge in [0.15, 0.2) is 17.3 Å². The molecule has 1 N–H and O–H groups in total. The van der Waals surface area contributed by atoms with E-state index in [4.69, 9.17) is 23.4 Å². The summed E-state index contributed by atoms with van der Waals surface area (Å²) in [7, 11) is 5.92. The van der Waals surface area contributed by atoms with Gasteiger partial charge in [-0.25, -0.2) is 4.79 Å². The molecule has 33 heavy (non-hydrogen) atoms. The molecular formula is C25H27NO7. The monoisotopic (exact) mass is 453 g/mol. The van der Waals surface area contributed by atoms with Gasteiger partial charge >= 0.3 is 5.97 Å². The Labute approximate surface area is 192 Å². The van der Waals surface area contributed by atoms with Crippen molar-refractivity contribution >= 4 is 11.8 Å². The normalized spacial score (nSPS) is 20.2.